The number of fused-ring (bicyclic) bond motifs is 1. The van der Waals surface area contributed by atoms with Gasteiger partial charge < -0.3 is 10.6 Å². The van der Waals surface area contributed by atoms with Crippen molar-refractivity contribution >= 4 is 12.1 Å². The number of amides is 1. The number of hydrogen-bond donors (Lipinski definition) is 2. The fourth-order valence-electron chi connectivity index (χ4n) is 3.57. The van der Waals surface area contributed by atoms with Crippen LogP contribution in [-0.4, -0.2) is 34.1 Å². The lowest BCUT2D eigenvalue weighted by molar-refractivity contribution is -0.137. The van der Waals surface area contributed by atoms with Crippen molar-refractivity contribution in [1.29, 1.82) is 0 Å². The van der Waals surface area contributed by atoms with Gasteiger partial charge in [-0.05, 0) is 55.5 Å². The highest BCUT2D eigenvalue weighted by atomic mass is 19.4. The molecule has 9 heteroatoms. The van der Waals surface area contributed by atoms with Gasteiger partial charge in [-0.1, -0.05) is 44.2 Å². The molecule has 0 aliphatic carbocycles. The number of hydrogen-bond acceptors (Lipinski definition) is 4. The summed E-state index contributed by atoms with van der Waals surface area (Å²) in [6.45, 7) is 7.11. The van der Waals surface area contributed by atoms with Gasteiger partial charge in [-0.2, -0.15) is 13.2 Å². The van der Waals surface area contributed by atoms with Crippen molar-refractivity contribution in [3.8, 4) is 0 Å². The summed E-state index contributed by atoms with van der Waals surface area (Å²) in [4.78, 5) is 10.9. The number of pyridine rings is 1. The molecule has 1 saturated heterocycles. The van der Waals surface area contributed by atoms with E-state index in [-0.39, 0.29) is 11.5 Å². The minimum absolute atomic E-state index is 0.243. The predicted molar refractivity (Wildman–Crippen MR) is 116 cm³/mol. The zero-order chi connectivity index (χ0) is 23.2. The summed E-state index contributed by atoms with van der Waals surface area (Å²) in [7, 11) is 0. The second-order valence-electron chi connectivity index (χ2n) is 8.64. The average Bonchev–Trinajstić information content (AvgIpc) is 3.17. The topological polar surface area (TPSA) is 71.3 Å². The van der Waals surface area contributed by atoms with Crippen LogP contribution in [0.25, 0.3) is 5.65 Å². The van der Waals surface area contributed by atoms with Gasteiger partial charge >= 0.3 is 6.18 Å². The number of nitrogens with zero attached hydrogens (tertiary/aromatic N) is 3. The van der Waals surface area contributed by atoms with Crippen LogP contribution in [0.3, 0.4) is 0 Å². The van der Waals surface area contributed by atoms with E-state index in [1.165, 1.54) is 36.4 Å². The molecule has 32 heavy (non-hydrogen) atoms. The first-order valence-corrected chi connectivity index (χ1v) is 10.6. The summed E-state index contributed by atoms with van der Waals surface area (Å²) in [6, 6.07) is 10.9. The van der Waals surface area contributed by atoms with Gasteiger partial charge in [0.1, 0.15) is 0 Å². The van der Waals surface area contributed by atoms with Gasteiger partial charge in [0.25, 0.3) is 0 Å². The Morgan fingerprint density at radius 2 is 1.81 bits per heavy atom. The maximum absolute atomic E-state index is 12.9. The van der Waals surface area contributed by atoms with Crippen LogP contribution < -0.4 is 10.6 Å². The number of benzene rings is 1. The lowest BCUT2D eigenvalue weighted by Crippen LogP contribution is -2.32. The molecule has 0 bridgehead atoms. The van der Waals surface area contributed by atoms with Crippen LogP contribution >= 0.6 is 0 Å². The van der Waals surface area contributed by atoms with E-state index in [0.717, 1.165) is 17.8 Å². The molecule has 0 radical (unpaired) electrons. The number of nitrogens with one attached hydrogen (secondary N) is 2. The molecule has 2 aromatic heterocycles. The largest absolute Gasteiger partial charge is 0.417 e. The summed E-state index contributed by atoms with van der Waals surface area (Å²) in [5.74, 6) is 0.243. The number of aromatic nitrogens is 3. The standard InChI is InChI=1S/C16H13F3N4O.C7H15N/c17-16(18,19)12-6-7-14-21-22-15(23(14)9-12)13(20-10-24)8-11-4-2-1-3-5-11;1-7(2)3-5-8-6-4-7/h1-7,9-10,13H,8H2,(H,20,24);8H,3-6H2,1-2H3/t13-;/m1./s1. The SMILES string of the molecule is CC1(C)CCNCC1.O=CN[C@H](Cc1ccccc1)c1nnc2ccc(C(F)(F)F)cn12. The Bertz CT molecular complexity index is 1010. The molecule has 0 spiro atoms. The molecule has 3 aromatic rings. The molecular weight excluding hydrogens is 419 g/mol. The van der Waals surface area contributed by atoms with E-state index in [4.69, 9.17) is 0 Å². The van der Waals surface area contributed by atoms with Crippen LogP contribution in [0.5, 0.6) is 0 Å². The van der Waals surface area contributed by atoms with Gasteiger partial charge in [0.05, 0.1) is 11.6 Å². The molecule has 1 aliphatic heterocycles. The molecule has 1 atom stereocenters. The molecule has 6 nitrogen and oxygen atoms in total. The van der Waals surface area contributed by atoms with E-state index in [0.29, 0.717) is 18.2 Å². The van der Waals surface area contributed by atoms with Crippen LogP contribution in [0.2, 0.25) is 0 Å². The van der Waals surface area contributed by atoms with Crippen LogP contribution in [0, 0.1) is 5.41 Å². The maximum Gasteiger partial charge on any atom is 0.417 e. The number of carbonyl (C=O) groups is 1. The summed E-state index contributed by atoms with van der Waals surface area (Å²) in [6.07, 6.45) is 0.0385. The Balaban J connectivity index is 0.000000305. The summed E-state index contributed by atoms with van der Waals surface area (Å²) in [5.41, 5.74) is 1.01. The highest BCUT2D eigenvalue weighted by Gasteiger charge is 2.31. The first-order chi connectivity index (χ1) is 15.2. The highest BCUT2D eigenvalue weighted by molar-refractivity contribution is 5.48. The van der Waals surface area contributed by atoms with E-state index < -0.39 is 17.8 Å². The van der Waals surface area contributed by atoms with Gasteiger partial charge in [-0.15, -0.1) is 10.2 Å². The Kier molecular flexibility index (Phi) is 7.50. The van der Waals surface area contributed by atoms with E-state index >= 15 is 0 Å². The smallest absolute Gasteiger partial charge is 0.348 e. The fourth-order valence-corrected chi connectivity index (χ4v) is 3.57. The van der Waals surface area contributed by atoms with Crippen LogP contribution in [0.4, 0.5) is 13.2 Å². The lowest BCUT2D eigenvalue weighted by atomic mass is 9.83. The molecule has 1 amide bonds. The van der Waals surface area contributed by atoms with Crippen molar-refractivity contribution in [1.82, 2.24) is 25.2 Å². The van der Waals surface area contributed by atoms with Crippen molar-refractivity contribution in [3.63, 3.8) is 0 Å². The van der Waals surface area contributed by atoms with Crippen LogP contribution in [0.1, 0.15) is 49.7 Å². The Hall–Kier alpha value is -2.94. The van der Waals surface area contributed by atoms with Crippen molar-refractivity contribution in [2.24, 2.45) is 5.41 Å². The molecular formula is C23H28F3N5O. The number of rotatable bonds is 5. The first-order valence-electron chi connectivity index (χ1n) is 10.6. The average molecular weight is 448 g/mol. The van der Waals surface area contributed by atoms with Gasteiger partial charge in [-0.3, -0.25) is 9.20 Å². The second-order valence-corrected chi connectivity index (χ2v) is 8.64. The van der Waals surface area contributed by atoms with Crippen molar-refractivity contribution in [3.05, 3.63) is 65.6 Å². The minimum Gasteiger partial charge on any atom is -0.348 e. The van der Waals surface area contributed by atoms with Crippen LogP contribution in [0.15, 0.2) is 48.7 Å². The second kappa shape index (κ2) is 10.1. The van der Waals surface area contributed by atoms with Gasteiger partial charge in [0, 0.05) is 6.20 Å². The van der Waals surface area contributed by atoms with Crippen LogP contribution in [-0.2, 0) is 17.4 Å². The first kappa shape index (κ1) is 23.7. The lowest BCUT2D eigenvalue weighted by Gasteiger charge is -2.29. The predicted octanol–water partition coefficient (Wildman–Crippen LogP) is 4.17. The fraction of sp³-hybridized carbons (Fsp3) is 0.435. The van der Waals surface area contributed by atoms with E-state index in [1.807, 2.05) is 30.3 Å². The minimum atomic E-state index is -4.47. The van der Waals surface area contributed by atoms with Gasteiger partial charge in [0.2, 0.25) is 6.41 Å². The summed E-state index contributed by atoms with van der Waals surface area (Å²) in [5, 5.41) is 13.8. The third-order valence-electron chi connectivity index (χ3n) is 5.58. The molecule has 2 N–H and O–H groups in total. The highest BCUT2D eigenvalue weighted by Crippen LogP contribution is 2.30. The number of alkyl halides is 3. The van der Waals surface area contributed by atoms with Crippen molar-refractivity contribution in [2.45, 2.75) is 45.3 Å². The zero-order valence-corrected chi connectivity index (χ0v) is 18.2. The third-order valence-corrected chi connectivity index (χ3v) is 5.58. The zero-order valence-electron chi connectivity index (χ0n) is 18.2. The Morgan fingerprint density at radius 1 is 1.12 bits per heavy atom. The molecule has 4 rings (SSSR count). The number of carbonyl (C=O) groups excluding carboxylic acids is 1. The normalized spacial score (nSPS) is 16.7. The molecule has 1 fully saturated rings. The summed E-state index contributed by atoms with van der Waals surface area (Å²) < 4.78 is 40.0. The van der Waals surface area contributed by atoms with E-state index in [1.54, 1.807) is 0 Å². The molecule has 172 valence electrons. The third kappa shape index (κ3) is 6.29. The number of piperidine rings is 1. The molecule has 0 unspecified atom stereocenters. The molecule has 3 heterocycles. The Labute approximate surface area is 185 Å². The summed E-state index contributed by atoms with van der Waals surface area (Å²) >= 11 is 0. The molecule has 1 aliphatic rings. The van der Waals surface area contributed by atoms with E-state index in [9.17, 15) is 18.0 Å². The molecule has 1 aromatic carbocycles. The van der Waals surface area contributed by atoms with E-state index in [2.05, 4.69) is 34.7 Å². The van der Waals surface area contributed by atoms with Crippen molar-refractivity contribution < 1.29 is 18.0 Å². The Morgan fingerprint density at radius 3 is 2.38 bits per heavy atom. The monoisotopic (exact) mass is 447 g/mol. The van der Waals surface area contributed by atoms with Gasteiger partial charge in [0.15, 0.2) is 11.5 Å². The van der Waals surface area contributed by atoms with Gasteiger partial charge in [-0.25, -0.2) is 0 Å². The number of halogens is 3. The quantitative estimate of drug-likeness (QED) is 0.576. The van der Waals surface area contributed by atoms with Crippen molar-refractivity contribution in [2.75, 3.05) is 13.1 Å². The molecule has 0 saturated carbocycles. The maximum atomic E-state index is 12.9.